The van der Waals surface area contributed by atoms with E-state index in [0.29, 0.717) is 0 Å². The Kier molecular flexibility index (Phi) is 3.08. The summed E-state index contributed by atoms with van der Waals surface area (Å²) < 4.78 is 0. The molecule has 19 heavy (non-hydrogen) atoms. The monoisotopic (exact) mass is 244 g/mol. The maximum atomic E-state index is 12.4. The largest absolute Gasteiger partial charge is 0.289 e. The van der Waals surface area contributed by atoms with E-state index in [2.05, 4.69) is 0 Å². The van der Waals surface area contributed by atoms with E-state index in [1.165, 1.54) is 0 Å². The molecule has 0 saturated carbocycles. The standard InChI is InChI=1S/C17H13BO/c18-15-9-5-12(6-10-15)11-14-8-7-13-3-1-2-4-16(13)17(14)19/h1-6,9-11H,7-8H2/b14-11+. The van der Waals surface area contributed by atoms with Crippen LogP contribution < -0.4 is 5.46 Å². The molecule has 0 fully saturated rings. The summed E-state index contributed by atoms with van der Waals surface area (Å²) in [4.78, 5) is 12.4. The molecule has 0 amide bonds. The Morgan fingerprint density at radius 2 is 1.68 bits per heavy atom. The van der Waals surface area contributed by atoms with E-state index in [9.17, 15) is 4.79 Å². The highest BCUT2D eigenvalue weighted by Crippen LogP contribution is 2.26. The van der Waals surface area contributed by atoms with Crippen LogP contribution in [0.3, 0.4) is 0 Å². The van der Waals surface area contributed by atoms with Crippen molar-refractivity contribution in [3.05, 3.63) is 70.8 Å². The molecule has 0 aromatic heterocycles. The molecule has 2 aromatic rings. The molecule has 0 N–H and O–H groups in total. The maximum absolute atomic E-state index is 12.4. The van der Waals surface area contributed by atoms with Gasteiger partial charge >= 0.3 is 0 Å². The first kappa shape index (κ1) is 12.0. The molecule has 2 heteroatoms. The van der Waals surface area contributed by atoms with Gasteiger partial charge in [0, 0.05) is 11.1 Å². The van der Waals surface area contributed by atoms with Crippen molar-refractivity contribution in [1.82, 2.24) is 0 Å². The van der Waals surface area contributed by atoms with Crippen molar-refractivity contribution >= 4 is 25.2 Å². The van der Waals surface area contributed by atoms with Gasteiger partial charge in [0.1, 0.15) is 7.85 Å². The fraction of sp³-hybridized carbons (Fsp3) is 0.118. The zero-order chi connectivity index (χ0) is 13.2. The molecular formula is C17H13BO. The van der Waals surface area contributed by atoms with Crippen LogP contribution in [0.15, 0.2) is 54.1 Å². The molecule has 0 atom stereocenters. The summed E-state index contributed by atoms with van der Waals surface area (Å²) in [6.45, 7) is 0. The number of carbonyl (C=O) groups excluding carboxylic acids is 1. The highest BCUT2D eigenvalue weighted by atomic mass is 16.1. The van der Waals surface area contributed by atoms with Crippen molar-refractivity contribution in [3.8, 4) is 0 Å². The Hall–Kier alpha value is -2.09. The average molecular weight is 244 g/mol. The number of ketones is 1. The number of rotatable bonds is 1. The molecule has 90 valence electrons. The molecule has 1 nitrogen and oxygen atoms in total. The van der Waals surface area contributed by atoms with Crippen molar-refractivity contribution in [3.63, 3.8) is 0 Å². The minimum Gasteiger partial charge on any atom is -0.289 e. The van der Waals surface area contributed by atoms with E-state index in [-0.39, 0.29) is 5.78 Å². The van der Waals surface area contributed by atoms with Gasteiger partial charge in [-0.25, -0.2) is 0 Å². The maximum Gasteiger partial charge on any atom is 0.189 e. The molecule has 2 radical (unpaired) electrons. The van der Waals surface area contributed by atoms with Gasteiger partial charge < -0.3 is 0 Å². The van der Waals surface area contributed by atoms with Gasteiger partial charge in [0.2, 0.25) is 0 Å². The second-order valence-electron chi connectivity index (χ2n) is 4.82. The Bertz CT molecular complexity index is 653. The summed E-state index contributed by atoms with van der Waals surface area (Å²) >= 11 is 0. The molecule has 3 rings (SSSR count). The highest BCUT2D eigenvalue weighted by Gasteiger charge is 2.20. The van der Waals surface area contributed by atoms with Crippen LogP contribution in [0.25, 0.3) is 6.08 Å². The van der Waals surface area contributed by atoms with Gasteiger partial charge in [-0.3, -0.25) is 4.79 Å². The Balaban J connectivity index is 1.96. The van der Waals surface area contributed by atoms with E-state index >= 15 is 0 Å². The van der Waals surface area contributed by atoms with Crippen molar-refractivity contribution < 1.29 is 4.79 Å². The average Bonchev–Trinajstić information content (AvgIpc) is 2.45. The van der Waals surface area contributed by atoms with Crippen molar-refractivity contribution in [2.75, 3.05) is 0 Å². The van der Waals surface area contributed by atoms with Gasteiger partial charge in [0.05, 0.1) is 0 Å². The topological polar surface area (TPSA) is 17.1 Å². The molecule has 2 aromatic carbocycles. The third kappa shape index (κ3) is 2.39. The zero-order valence-corrected chi connectivity index (χ0v) is 10.6. The van der Waals surface area contributed by atoms with E-state index in [0.717, 1.165) is 40.6 Å². The van der Waals surface area contributed by atoms with E-state index in [1.807, 2.05) is 54.6 Å². The summed E-state index contributed by atoms with van der Waals surface area (Å²) in [5.74, 6) is 0.152. The number of Topliss-reactive ketones (excluding diaryl/α,β-unsaturated/α-hetero) is 1. The van der Waals surface area contributed by atoms with Crippen LogP contribution in [0.5, 0.6) is 0 Å². The number of carbonyl (C=O) groups is 1. The summed E-state index contributed by atoms with van der Waals surface area (Å²) in [6, 6.07) is 15.4. The first-order valence-corrected chi connectivity index (χ1v) is 6.43. The molecule has 0 saturated heterocycles. The molecule has 0 heterocycles. The van der Waals surface area contributed by atoms with E-state index in [4.69, 9.17) is 7.85 Å². The SMILES string of the molecule is [B]c1ccc(/C=C2\CCc3ccccc3C2=O)cc1. The number of hydrogen-bond acceptors (Lipinski definition) is 1. The van der Waals surface area contributed by atoms with Gasteiger partial charge in [0.15, 0.2) is 5.78 Å². The number of hydrogen-bond donors (Lipinski definition) is 0. The summed E-state index contributed by atoms with van der Waals surface area (Å²) in [7, 11) is 5.66. The third-order valence-corrected chi connectivity index (χ3v) is 3.49. The summed E-state index contributed by atoms with van der Waals surface area (Å²) in [5, 5.41) is 0. The summed E-state index contributed by atoms with van der Waals surface area (Å²) in [5.41, 5.74) is 4.64. The molecular weight excluding hydrogens is 231 g/mol. The van der Waals surface area contributed by atoms with Gasteiger partial charge in [-0.05, 0) is 30.0 Å². The van der Waals surface area contributed by atoms with Crippen LogP contribution in [0.4, 0.5) is 0 Å². The Morgan fingerprint density at radius 1 is 0.947 bits per heavy atom. The number of benzene rings is 2. The molecule has 1 aliphatic carbocycles. The van der Waals surface area contributed by atoms with E-state index in [1.54, 1.807) is 0 Å². The minimum atomic E-state index is 0.152. The number of allylic oxidation sites excluding steroid dienone is 1. The lowest BCUT2D eigenvalue weighted by molar-refractivity contribution is 0.102. The van der Waals surface area contributed by atoms with Gasteiger partial charge in [-0.15, -0.1) is 0 Å². The smallest absolute Gasteiger partial charge is 0.189 e. The van der Waals surface area contributed by atoms with Crippen LogP contribution in [-0.4, -0.2) is 13.6 Å². The fourth-order valence-electron chi connectivity index (χ4n) is 2.45. The van der Waals surface area contributed by atoms with Crippen LogP contribution >= 0.6 is 0 Å². The van der Waals surface area contributed by atoms with Crippen molar-refractivity contribution in [2.24, 2.45) is 0 Å². The number of aryl methyl sites for hydroxylation is 1. The van der Waals surface area contributed by atoms with Crippen molar-refractivity contribution in [2.45, 2.75) is 12.8 Å². The second kappa shape index (κ2) is 4.89. The van der Waals surface area contributed by atoms with Crippen LogP contribution in [0.2, 0.25) is 0 Å². The first-order valence-electron chi connectivity index (χ1n) is 6.43. The first-order chi connectivity index (χ1) is 9.24. The Labute approximate surface area is 114 Å². The zero-order valence-electron chi connectivity index (χ0n) is 10.6. The lowest BCUT2D eigenvalue weighted by Gasteiger charge is -2.17. The van der Waals surface area contributed by atoms with Crippen molar-refractivity contribution in [1.29, 1.82) is 0 Å². The van der Waals surface area contributed by atoms with Crippen LogP contribution in [0.1, 0.15) is 27.9 Å². The second-order valence-corrected chi connectivity index (χ2v) is 4.82. The molecule has 0 bridgehead atoms. The molecule has 1 aliphatic rings. The quantitative estimate of drug-likeness (QED) is 0.556. The lowest BCUT2D eigenvalue weighted by atomic mass is 9.86. The number of fused-ring (bicyclic) bond motifs is 1. The van der Waals surface area contributed by atoms with Gasteiger partial charge in [-0.1, -0.05) is 54.0 Å². The molecule has 0 unspecified atom stereocenters. The lowest BCUT2D eigenvalue weighted by Crippen LogP contribution is -2.13. The van der Waals surface area contributed by atoms with E-state index < -0.39 is 0 Å². The summed E-state index contributed by atoms with van der Waals surface area (Å²) in [6.07, 6.45) is 3.71. The third-order valence-electron chi connectivity index (χ3n) is 3.49. The van der Waals surface area contributed by atoms with Crippen LogP contribution in [0, 0.1) is 0 Å². The van der Waals surface area contributed by atoms with Gasteiger partial charge in [0.25, 0.3) is 0 Å². The molecule has 0 spiro atoms. The normalized spacial score (nSPS) is 16.4. The molecule has 0 aliphatic heterocycles. The Morgan fingerprint density at radius 3 is 2.47 bits per heavy atom. The fourth-order valence-corrected chi connectivity index (χ4v) is 2.45. The predicted octanol–water partition coefficient (Wildman–Crippen LogP) is 2.69. The minimum absolute atomic E-state index is 0.152. The highest BCUT2D eigenvalue weighted by molar-refractivity contribution is 6.32. The predicted molar refractivity (Wildman–Crippen MR) is 78.9 cm³/mol. The van der Waals surface area contributed by atoms with Crippen LogP contribution in [-0.2, 0) is 6.42 Å². The van der Waals surface area contributed by atoms with Gasteiger partial charge in [-0.2, -0.15) is 0 Å².